The van der Waals surface area contributed by atoms with Crippen molar-refractivity contribution in [3.8, 4) is 0 Å². The van der Waals surface area contributed by atoms with Gasteiger partial charge >= 0.3 is 0 Å². The third kappa shape index (κ3) is 5.10. The Balaban J connectivity index is 1.79. The summed E-state index contributed by atoms with van der Waals surface area (Å²) in [6.07, 6.45) is 2.37. The van der Waals surface area contributed by atoms with Gasteiger partial charge in [-0.05, 0) is 48.2 Å². The number of benzene rings is 1. The molecular weight excluding hydrogens is 372 g/mol. The Hall–Kier alpha value is -2.86. The van der Waals surface area contributed by atoms with Gasteiger partial charge in [0.15, 0.2) is 0 Å². The smallest absolute Gasteiger partial charge is 0.254 e. The van der Waals surface area contributed by atoms with Crippen molar-refractivity contribution in [2.24, 2.45) is 5.92 Å². The molecule has 1 aromatic carbocycles. The molecule has 1 N–H and O–H groups in total. The highest BCUT2D eigenvalue weighted by molar-refractivity contribution is 7.09. The Labute approximate surface area is 169 Å². The van der Waals surface area contributed by atoms with Gasteiger partial charge in [0.1, 0.15) is 5.76 Å². The van der Waals surface area contributed by atoms with Crippen LogP contribution in [0.3, 0.4) is 0 Å². The first-order chi connectivity index (χ1) is 13.6. The minimum Gasteiger partial charge on any atom is -0.467 e. The zero-order valence-electron chi connectivity index (χ0n) is 16.1. The predicted molar refractivity (Wildman–Crippen MR) is 111 cm³/mol. The van der Waals surface area contributed by atoms with Crippen LogP contribution in [0.2, 0.25) is 0 Å². The summed E-state index contributed by atoms with van der Waals surface area (Å²) >= 11 is 1.61. The van der Waals surface area contributed by atoms with Gasteiger partial charge in [0.2, 0.25) is 5.91 Å². The molecule has 2 aromatic heterocycles. The lowest BCUT2D eigenvalue weighted by Gasteiger charge is -2.21. The molecule has 0 radical (unpaired) electrons. The van der Waals surface area contributed by atoms with E-state index in [0.29, 0.717) is 24.3 Å². The lowest BCUT2D eigenvalue weighted by Crippen LogP contribution is -2.29. The lowest BCUT2D eigenvalue weighted by atomic mass is 10.1. The highest BCUT2D eigenvalue weighted by Crippen LogP contribution is 2.20. The second-order valence-corrected chi connectivity index (χ2v) is 7.73. The topological polar surface area (TPSA) is 62.6 Å². The molecule has 0 saturated heterocycles. The van der Waals surface area contributed by atoms with Gasteiger partial charge in [0.05, 0.1) is 19.4 Å². The van der Waals surface area contributed by atoms with E-state index in [1.54, 1.807) is 46.8 Å². The van der Waals surface area contributed by atoms with E-state index in [1.165, 1.54) is 0 Å². The number of nitrogens with one attached hydrogen (secondary N) is 1. The standard InChI is InChI=1S/C22H24N2O3S/c1-3-16(2)21(25)23-18-8-4-7-17(13-18)22(26)24(14-19-9-5-11-27-19)15-20-10-6-12-28-20/h4-13,16H,3,14-15H2,1-2H3,(H,23,25). The predicted octanol–water partition coefficient (Wildman–Crippen LogP) is 5.17. The SMILES string of the molecule is CCC(C)C(=O)Nc1cccc(C(=O)N(Cc2ccco2)Cc2cccs2)c1. The fraction of sp³-hybridized carbons (Fsp3) is 0.273. The summed E-state index contributed by atoms with van der Waals surface area (Å²) < 4.78 is 5.44. The van der Waals surface area contributed by atoms with E-state index < -0.39 is 0 Å². The molecule has 0 bridgehead atoms. The molecule has 0 aliphatic heterocycles. The van der Waals surface area contributed by atoms with Gasteiger partial charge in [-0.3, -0.25) is 9.59 Å². The summed E-state index contributed by atoms with van der Waals surface area (Å²) in [5.41, 5.74) is 1.16. The highest BCUT2D eigenvalue weighted by Gasteiger charge is 2.19. The van der Waals surface area contributed by atoms with Gasteiger partial charge in [-0.1, -0.05) is 26.0 Å². The fourth-order valence-electron chi connectivity index (χ4n) is 2.74. The number of nitrogens with zero attached hydrogens (tertiary/aromatic N) is 1. The molecule has 0 saturated carbocycles. The van der Waals surface area contributed by atoms with E-state index in [9.17, 15) is 9.59 Å². The third-order valence-corrected chi connectivity index (χ3v) is 5.44. The van der Waals surface area contributed by atoms with Crippen LogP contribution < -0.4 is 5.32 Å². The van der Waals surface area contributed by atoms with Crippen LogP contribution in [0.1, 0.15) is 41.3 Å². The number of hydrogen-bond acceptors (Lipinski definition) is 4. The summed E-state index contributed by atoms with van der Waals surface area (Å²) in [6, 6.07) is 14.7. The Bertz CT molecular complexity index is 868. The Morgan fingerprint density at radius 2 is 2.00 bits per heavy atom. The van der Waals surface area contributed by atoms with E-state index >= 15 is 0 Å². The van der Waals surface area contributed by atoms with Crippen LogP contribution in [0.4, 0.5) is 5.69 Å². The lowest BCUT2D eigenvalue weighted by molar-refractivity contribution is -0.119. The number of carbonyl (C=O) groups excluding carboxylic acids is 2. The Kier molecular flexibility index (Phi) is 6.66. The molecule has 0 aliphatic carbocycles. The third-order valence-electron chi connectivity index (χ3n) is 4.58. The van der Waals surface area contributed by atoms with Gasteiger partial charge in [-0.2, -0.15) is 0 Å². The normalized spacial score (nSPS) is 11.8. The van der Waals surface area contributed by atoms with Crippen molar-refractivity contribution in [3.05, 3.63) is 76.4 Å². The van der Waals surface area contributed by atoms with E-state index in [4.69, 9.17) is 4.42 Å². The summed E-state index contributed by atoms with van der Waals surface area (Å²) in [5.74, 6) is 0.502. The first kappa shape index (κ1) is 19.9. The molecule has 3 aromatic rings. The summed E-state index contributed by atoms with van der Waals surface area (Å²) in [7, 11) is 0. The van der Waals surface area contributed by atoms with Gasteiger partial charge in [0.25, 0.3) is 5.91 Å². The maximum atomic E-state index is 13.2. The number of furan rings is 1. The van der Waals surface area contributed by atoms with E-state index in [0.717, 1.165) is 17.1 Å². The summed E-state index contributed by atoms with van der Waals surface area (Å²) in [6.45, 7) is 4.74. The van der Waals surface area contributed by atoms with Crippen molar-refractivity contribution < 1.29 is 14.0 Å². The maximum Gasteiger partial charge on any atom is 0.254 e. The van der Waals surface area contributed by atoms with Gasteiger partial charge in [0, 0.05) is 22.0 Å². The van der Waals surface area contributed by atoms with Crippen LogP contribution in [0.5, 0.6) is 0 Å². The second kappa shape index (κ2) is 9.37. The number of rotatable bonds is 8. The quantitative estimate of drug-likeness (QED) is 0.571. The molecule has 0 fully saturated rings. The van der Waals surface area contributed by atoms with Gasteiger partial charge in [-0.15, -0.1) is 11.3 Å². The minimum atomic E-state index is -0.107. The number of thiophene rings is 1. The molecule has 6 heteroatoms. The molecule has 0 aliphatic rings. The number of carbonyl (C=O) groups is 2. The number of hydrogen-bond donors (Lipinski definition) is 1. The van der Waals surface area contributed by atoms with Crippen molar-refractivity contribution in [2.45, 2.75) is 33.4 Å². The van der Waals surface area contributed by atoms with Gasteiger partial charge in [-0.25, -0.2) is 0 Å². The number of amides is 2. The molecule has 2 heterocycles. The monoisotopic (exact) mass is 396 g/mol. The van der Waals surface area contributed by atoms with Crippen LogP contribution in [-0.2, 0) is 17.9 Å². The summed E-state index contributed by atoms with van der Waals surface area (Å²) in [5, 5.41) is 4.89. The maximum absolute atomic E-state index is 13.2. The minimum absolute atomic E-state index is 0.0434. The molecule has 3 rings (SSSR count). The number of anilines is 1. The van der Waals surface area contributed by atoms with Crippen LogP contribution >= 0.6 is 11.3 Å². The molecule has 1 atom stereocenters. The van der Waals surface area contributed by atoms with Crippen molar-refractivity contribution in [1.29, 1.82) is 0 Å². The average Bonchev–Trinajstić information content (AvgIpc) is 3.40. The Morgan fingerprint density at radius 3 is 2.68 bits per heavy atom. The molecule has 28 heavy (non-hydrogen) atoms. The molecule has 0 spiro atoms. The first-order valence-corrected chi connectivity index (χ1v) is 10.2. The summed E-state index contributed by atoms with van der Waals surface area (Å²) in [4.78, 5) is 28.2. The highest BCUT2D eigenvalue weighted by atomic mass is 32.1. The van der Waals surface area contributed by atoms with E-state index in [-0.39, 0.29) is 17.7 Å². The average molecular weight is 397 g/mol. The van der Waals surface area contributed by atoms with Crippen molar-refractivity contribution in [1.82, 2.24) is 4.90 Å². The second-order valence-electron chi connectivity index (χ2n) is 6.70. The van der Waals surface area contributed by atoms with Crippen molar-refractivity contribution in [2.75, 3.05) is 5.32 Å². The zero-order valence-corrected chi connectivity index (χ0v) is 16.9. The Morgan fingerprint density at radius 1 is 1.14 bits per heavy atom. The van der Waals surface area contributed by atoms with Crippen molar-refractivity contribution in [3.63, 3.8) is 0 Å². The van der Waals surface area contributed by atoms with Crippen molar-refractivity contribution >= 4 is 28.8 Å². The molecule has 1 unspecified atom stereocenters. The zero-order chi connectivity index (χ0) is 19.9. The van der Waals surface area contributed by atoms with Crippen LogP contribution in [0.25, 0.3) is 0 Å². The molecule has 5 nitrogen and oxygen atoms in total. The van der Waals surface area contributed by atoms with E-state index in [1.807, 2.05) is 43.5 Å². The fourth-order valence-corrected chi connectivity index (χ4v) is 3.46. The molecule has 2 amide bonds. The van der Waals surface area contributed by atoms with Crippen LogP contribution in [-0.4, -0.2) is 16.7 Å². The molecular formula is C22H24N2O3S. The van der Waals surface area contributed by atoms with Crippen LogP contribution in [0, 0.1) is 5.92 Å². The van der Waals surface area contributed by atoms with E-state index in [2.05, 4.69) is 5.32 Å². The largest absolute Gasteiger partial charge is 0.467 e. The van der Waals surface area contributed by atoms with Crippen LogP contribution in [0.15, 0.2) is 64.6 Å². The molecule has 146 valence electrons. The van der Waals surface area contributed by atoms with Gasteiger partial charge < -0.3 is 14.6 Å². The first-order valence-electron chi connectivity index (χ1n) is 9.31.